The van der Waals surface area contributed by atoms with E-state index >= 15 is 0 Å². The predicted molar refractivity (Wildman–Crippen MR) is 50.3 cm³/mol. The van der Waals surface area contributed by atoms with Gasteiger partial charge in [0, 0.05) is 19.6 Å². The molecule has 0 aromatic rings. The molecule has 1 saturated carbocycles. The summed E-state index contributed by atoms with van der Waals surface area (Å²) in [7, 11) is 1.88. The predicted octanol–water partition coefficient (Wildman–Crippen LogP) is 0.234. The fraction of sp³-hybridized carbons (Fsp3) is 0.889. The van der Waals surface area contributed by atoms with E-state index in [1.807, 2.05) is 16.8 Å². The van der Waals surface area contributed by atoms with Crippen molar-refractivity contribution >= 4 is 6.03 Å². The minimum Gasteiger partial charge on any atom is -0.330 e. The van der Waals surface area contributed by atoms with Gasteiger partial charge in [0.2, 0.25) is 0 Å². The normalized spacial score (nSPS) is 28.8. The number of carbonyl (C=O) groups excluding carboxylic acids is 1. The van der Waals surface area contributed by atoms with Crippen molar-refractivity contribution in [1.82, 2.24) is 9.80 Å². The second kappa shape index (κ2) is 3.18. The first-order valence-corrected chi connectivity index (χ1v) is 4.97. The third-order valence-electron chi connectivity index (χ3n) is 2.99. The Morgan fingerprint density at radius 3 is 2.77 bits per heavy atom. The van der Waals surface area contributed by atoms with E-state index in [4.69, 9.17) is 5.73 Å². The van der Waals surface area contributed by atoms with Gasteiger partial charge in [-0.1, -0.05) is 0 Å². The fourth-order valence-corrected chi connectivity index (χ4v) is 1.96. The summed E-state index contributed by atoms with van der Waals surface area (Å²) < 4.78 is 0. The van der Waals surface area contributed by atoms with Crippen molar-refractivity contribution in [1.29, 1.82) is 0 Å². The molecule has 1 aliphatic heterocycles. The third kappa shape index (κ3) is 1.50. The van der Waals surface area contributed by atoms with Crippen LogP contribution in [0.2, 0.25) is 0 Å². The van der Waals surface area contributed by atoms with Crippen LogP contribution in [0.3, 0.4) is 0 Å². The zero-order chi connectivity index (χ0) is 9.42. The summed E-state index contributed by atoms with van der Waals surface area (Å²) >= 11 is 0. The third-order valence-corrected chi connectivity index (χ3v) is 2.99. The highest BCUT2D eigenvalue weighted by molar-refractivity contribution is 5.77. The number of amides is 2. The van der Waals surface area contributed by atoms with Gasteiger partial charge in [0.05, 0.1) is 6.04 Å². The molecule has 13 heavy (non-hydrogen) atoms. The quantitative estimate of drug-likeness (QED) is 0.681. The van der Waals surface area contributed by atoms with E-state index in [0.29, 0.717) is 18.6 Å². The molecule has 1 heterocycles. The summed E-state index contributed by atoms with van der Waals surface area (Å²) in [4.78, 5) is 15.5. The molecule has 2 fully saturated rings. The topological polar surface area (TPSA) is 49.6 Å². The maximum absolute atomic E-state index is 11.7. The van der Waals surface area contributed by atoms with Crippen LogP contribution in [-0.4, -0.2) is 48.1 Å². The molecule has 1 saturated heterocycles. The van der Waals surface area contributed by atoms with Crippen LogP contribution in [0.15, 0.2) is 0 Å². The van der Waals surface area contributed by atoms with Gasteiger partial charge in [-0.15, -0.1) is 0 Å². The molecule has 0 aromatic carbocycles. The van der Waals surface area contributed by atoms with Crippen molar-refractivity contribution in [2.45, 2.75) is 31.3 Å². The molecule has 1 aliphatic carbocycles. The van der Waals surface area contributed by atoms with Gasteiger partial charge in [-0.3, -0.25) is 0 Å². The molecule has 4 heteroatoms. The van der Waals surface area contributed by atoms with Crippen LogP contribution in [0, 0.1) is 0 Å². The number of rotatable bonds is 3. The van der Waals surface area contributed by atoms with Gasteiger partial charge < -0.3 is 15.5 Å². The lowest BCUT2D eigenvalue weighted by atomic mass is 10.2. The van der Waals surface area contributed by atoms with Gasteiger partial charge in [-0.05, 0) is 25.8 Å². The van der Waals surface area contributed by atoms with E-state index in [0.717, 1.165) is 13.0 Å². The van der Waals surface area contributed by atoms with Gasteiger partial charge in [-0.25, -0.2) is 4.79 Å². The Morgan fingerprint density at radius 2 is 2.23 bits per heavy atom. The zero-order valence-electron chi connectivity index (χ0n) is 8.07. The summed E-state index contributed by atoms with van der Waals surface area (Å²) in [6, 6.07) is 1.08. The summed E-state index contributed by atoms with van der Waals surface area (Å²) in [5.74, 6) is 0. The summed E-state index contributed by atoms with van der Waals surface area (Å²) in [6.45, 7) is 1.55. The molecule has 2 rings (SSSR count). The molecule has 0 radical (unpaired) electrons. The van der Waals surface area contributed by atoms with E-state index in [-0.39, 0.29) is 6.03 Å². The SMILES string of the molecule is CN1C(=O)N(C2CC2)CC1CCN. The minimum absolute atomic E-state index is 0.195. The minimum atomic E-state index is 0.195. The van der Waals surface area contributed by atoms with Crippen LogP contribution in [0.1, 0.15) is 19.3 Å². The number of carbonyl (C=O) groups is 1. The van der Waals surface area contributed by atoms with Crippen LogP contribution in [-0.2, 0) is 0 Å². The Hall–Kier alpha value is -0.770. The largest absolute Gasteiger partial charge is 0.330 e. The first-order chi connectivity index (χ1) is 6.24. The van der Waals surface area contributed by atoms with E-state index in [2.05, 4.69) is 0 Å². The fourth-order valence-electron chi connectivity index (χ4n) is 1.96. The lowest BCUT2D eigenvalue weighted by Crippen LogP contribution is -2.32. The highest BCUT2D eigenvalue weighted by atomic mass is 16.2. The highest BCUT2D eigenvalue weighted by Crippen LogP contribution is 2.31. The van der Waals surface area contributed by atoms with Gasteiger partial charge in [0.25, 0.3) is 0 Å². The zero-order valence-corrected chi connectivity index (χ0v) is 8.07. The maximum Gasteiger partial charge on any atom is 0.320 e. The van der Waals surface area contributed by atoms with Crippen molar-refractivity contribution in [3.63, 3.8) is 0 Å². The van der Waals surface area contributed by atoms with Gasteiger partial charge in [0.15, 0.2) is 0 Å². The average molecular weight is 183 g/mol. The lowest BCUT2D eigenvalue weighted by molar-refractivity contribution is 0.193. The van der Waals surface area contributed by atoms with Crippen molar-refractivity contribution in [2.75, 3.05) is 20.1 Å². The second-order valence-electron chi connectivity index (χ2n) is 4.01. The number of urea groups is 1. The lowest BCUT2D eigenvalue weighted by Gasteiger charge is -2.16. The van der Waals surface area contributed by atoms with Crippen LogP contribution < -0.4 is 5.73 Å². The van der Waals surface area contributed by atoms with Crippen molar-refractivity contribution in [3.8, 4) is 0 Å². The molecular formula is C9H17N3O. The van der Waals surface area contributed by atoms with E-state index in [1.165, 1.54) is 12.8 Å². The molecule has 4 nitrogen and oxygen atoms in total. The Labute approximate surface area is 78.7 Å². The smallest absolute Gasteiger partial charge is 0.320 e. The van der Waals surface area contributed by atoms with Gasteiger partial charge in [0.1, 0.15) is 0 Å². The molecule has 74 valence electrons. The van der Waals surface area contributed by atoms with Crippen LogP contribution >= 0.6 is 0 Å². The Morgan fingerprint density at radius 1 is 1.54 bits per heavy atom. The Kier molecular flexibility index (Phi) is 2.15. The Balaban J connectivity index is 1.98. The highest BCUT2D eigenvalue weighted by Gasteiger charge is 2.41. The first kappa shape index (κ1) is 8.81. The Bertz CT molecular complexity index is 215. The molecule has 2 N–H and O–H groups in total. The molecule has 1 atom stereocenters. The molecule has 2 aliphatic rings. The summed E-state index contributed by atoms with van der Waals surface area (Å²) in [6.07, 6.45) is 3.30. The second-order valence-corrected chi connectivity index (χ2v) is 4.01. The average Bonchev–Trinajstić information content (AvgIpc) is 2.89. The van der Waals surface area contributed by atoms with Gasteiger partial charge in [-0.2, -0.15) is 0 Å². The summed E-state index contributed by atoms with van der Waals surface area (Å²) in [5.41, 5.74) is 5.50. The number of nitrogens with zero attached hydrogens (tertiary/aromatic N) is 2. The molecular weight excluding hydrogens is 166 g/mol. The molecule has 0 spiro atoms. The van der Waals surface area contributed by atoms with Crippen LogP contribution in [0.25, 0.3) is 0 Å². The number of nitrogens with two attached hydrogens (primary N) is 1. The monoisotopic (exact) mass is 183 g/mol. The number of hydrogen-bond donors (Lipinski definition) is 1. The van der Waals surface area contributed by atoms with Crippen molar-refractivity contribution in [2.24, 2.45) is 5.73 Å². The van der Waals surface area contributed by atoms with Crippen LogP contribution in [0.5, 0.6) is 0 Å². The first-order valence-electron chi connectivity index (χ1n) is 4.97. The number of hydrogen-bond acceptors (Lipinski definition) is 2. The van der Waals surface area contributed by atoms with E-state index < -0.39 is 0 Å². The molecule has 1 unspecified atom stereocenters. The molecule has 2 amide bonds. The summed E-state index contributed by atoms with van der Waals surface area (Å²) in [5, 5.41) is 0. The van der Waals surface area contributed by atoms with Gasteiger partial charge >= 0.3 is 6.03 Å². The van der Waals surface area contributed by atoms with E-state index in [9.17, 15) is 4.79 Å². The maximum atomic E-state index is 11.7. The van der Waals surface area contributed by atoms with Crippen LogP contribution in [0.4, 0.5) is 4.79 Å². The number of likely N-dealkylation sites (N-methyl/N-ethyl adjacent to an activating group) is 1. The standard InChI is InChI=1S/C9H17N3O/c1-11-8(4-5-10)6-12(9(11)13)7-2-3-7/h7-8H,2-6,10H2,1H3. The van der Waals surface area contributed by atoms with Crippen molar-refractivity contribution in [3.05, 3.63) is 0 Å². The molecule has 0 bridgehead atoms. The van der Waals surface area contributed by atoms with Crippen molar-refractivity contribution < 1.29 is 4.79 Å². The molecule has 0 aromatic heterocycles. The van der Waals surface area contributed by atoms with E-state index in [1.54, 1.807) is 0 Å².